The van der Waals surface area contributed by atoms with Gasteiger partial charge in [-0.25, -0.2) is 4.31 Å². The summed E-state index contributed by atoms with van der Waals surface area (Å²) in [5.74, 6) is 0.324. The second kappa shape index (κ2) is 5.44. The van der Waals surface area contributed by atoms with Crippen LogP contribution < -0.4 is 4.31 Å². The van der Waals surface area contributed by atoms with Crippen LogP contribution in [-0.4, -0.2) is 10.0 Å². The monoisotopic (exact) mass is 326 g/mol. The highest BCUT2D eigenvalue weighted by Gasteiger charge is 2.32. The molecule has 3 rings (SSSR count). The third-order valence-corrected chi connectivity index (χ3v) is 4.22. The van der Waals surface area contributed by atoms with E-state index in [2.05, 4.69) is 5.16 Å². The zero-order valence-corrected chi connectivity index (χ0v) is 12.3. The van der Waals surface area contributed by atoms with Gasteiger partial charge < -0.3 is 0 Å². The number of nitrogens with zero attached hydrogens (tertiary/aromatic N) is 2. The van der Waals surface area contributed by atoms with Crippen molar-refractivity contribution in [2.75, 3.05) is 4.31 Å². The molecule has 0 fully saturated rings. The number of halogens is 2. The number of rotatable bonds is 2. The minimum atomic E-state index is -1.75. The summed E-state index contributed by atoms with van der Waals surface area (Å²) in [4.78, 5) is 0. The average Bonchev–Trinajstić information content (AvgIpc) is 2.81. The van der Waals surface area contributed by atoms with E-state index in [1.807, 2.05) is 18.2 Å². The first kappa shape index (κ1) is 13.4. The van der Waals surface area contributed by atoms with Gasteiger partial charge in [0.1, 0.15) is 0 Å². The normalized spacial score (nSPS) is 17.8. The van der Waals surface area contributed by atoms with E-state index in [4.69, 9.17) is 27.5 Å². The molecule has 0 radical (unpaired) electrons. The van der Waals surface area contributed by atoms with Crippen LogP contribution in [0.5, 0.6) is 0 Å². The van der Waals surface area contributed by atoms with Crippen molar-refractivity contribution in [3.63, 3.8) is 0 Å². The van der Waals surface area contributed by atoms with Crippen LogP contribution in [0.25, 0.3) is 0 Å². The lowest BCUT2D eigenvalue weighted by molar-refractivity contribution is 0.386. The van der Waals surface area contributed by atoms with Crippen molar-refractivity contribution in [2.24, 2.45) is 5.16 Å². The molecule has 0 aliphatic carbocycles. The van der Waals surface area contributed by atoms with Gasteiger partial charge in [0.15, 0.2) is 5.84 Å². The Hall–Kier alpha value is -1.56. The van der Waals surface area contributed by atoms with Gasteiger partial charge in [0.25, 0.3) is 0 Å². The van der Waals surface area contributed by atoms with Crippen LogP contribution >= 0.6 is 23.2 Å². The van der Waals surface area contributed by atoms with Crippen molar-refractivity contribution in [1.29, 1.82) is 0 Å². The van der Waals surface area contributed by atoms with Crippen molar-refractivity contribution < 1.29 is 8.49 Å². The molecule has 0 amide bonds. The molecule has 102 valence electrons. The fourth-order valence-corrected chi connectivity index (χ4v) is 3.17. The second-order valence-electron chi connectivity index (χ2n) is 3.93. The lowest BCUT2D eigenvalue weighted by Crippen LogP contribution is -2.29. The van der Waals surface area contributed by atoms with Gasteiger partial charge in [-0.2, -0.15) is 4.21 Å². The molecule has 1 heterocycles. The average molecular weight is 327 g/mol. The Morgan fingerprint density at radius 2 is 1.65 bits per heavy atom. The van der Waals surface area contributed by atoms with Gasteiger partial charge in [0, 0.05) is 0 Å². The van der Waals surface area contributed by atoms with E-state index in [9.17, 15) is 4.21 Å². The molecule has 1 atom stereocenters. The predicted molar refractivity (Wildman–Crippen MR) is 81.1 cm³/mol. The van der Waals surface area contributed by atoms with E-state index < -0.39 is 11.3 Å². The molecule has 0 N–H and O–H groups in total. The maximum atomic E-state index is 12.0. The first-order valence-corrected chi connectivity index (χ1v) is 7.44. The van der Waals surface area contributed by atoms with E-state index in [-0.39, 0.29) is 0 Å². The van der Waals surface area contributed by atoms with E-state index in [0.29, 0.717) is 27.1 Å². The maximum Gasteiger partial charge on any atom is 0.346 e. The maximum absolute atomic E-state index is 12.0. The molecule has 1 unspecified atom stereocenters. The Bertz CT molecular complexity index is 687. The van der Waals surface area contributed by atoms with Gasteiger partial charge in [-0.1, -0.05) is 47.5 Å². The quantitative estimate of drug-likeness (QED) is 0.842. The summed E-state index contributed by atoms with van der Waals surface area (Å²) >= 11 is 10.6. The number of hydrogen-bond donors (Lipinski definition) is 0. The molecule has 0 saturated heterocycles. The number of amidine groups is 1. The number of hydrogen-bond acceptors (Lipinski definition) is 3. The molecule has 20 heavy (non-hydrogen) atoms. The zero-order valence-electron chi connectivity index (χ0n) is 9.99. The molecule has 0 aromatic heterocycles. The molecule has 2 aromatic rings. The molecule has 0 saturated carbocycles. The van der Waals surface area contributed by atoms with Gasteiger partial charge in [0.2, 0.25) is 0 Å². The molecule has 1 aliphatic heterocycles. The Kier molecular flexibility index (Phi) is 3.65. The summed E-state index contributed by atoms with van der Waals surface area (Å²) < 4.78 is 18.3. The third-order valence-electron chi connectivity index (χ3n) is 2.71. The summed E-state index contributed by atoms with van der Waals surface area (Å²) in [5.41, 5.74) is 1.17. The fraction of sp³-hybridized carbons (Fsp3) is 0. The molecular formula is C13H8Cl2N2O2S. The molecule has 7 heteroatoms. The smallest absolute Gasteiger partial charge is 0.268 e. The van der Waals surface area contributed by atoms with Crippen molar-refractivity contribution in [3.8, 4) is 0 Å². The molecular weight excluding hydrogens is 319 g/mol. The van der Waals surface area contributed by atoms with Crippen LogP contribution in [0.4, 0.5) is 5.69 Å². The lowest BCUT2D eigenvalue weighted by Gasteiger charge is -2.16. The minimum Gasteiger partial charge on any atom is -0.268 e. The molecule has 4 nitrogen and oxygen atoms in total. The van der Waals surface area contributed by atoms with Gasteiger partial charge in [-0.15, -0.1) is 0 Å². The van der Waals surface area contributed by atoms with Crippen LogP contribution in [0.15, 0.2) is 53.7 Å². The van der Waals surface area contributed by atoms with Crippen molar-refractivity contribution in [3.05, 3.63) is 64.1 Å². The minimum absolute atomic E-state index is 0.324. The van der Waals surface area contributed by atoms with E-state index in [0.717, 1.165) is 0 Å². The van der Waals surface area contributed by atoms with Gasteiger partial charge in [-0.3, -0.25) is 4.28 Å². The molecule has 0 bridgehead atoms. The summed E-state index contributed by atoms with van der Waals surface area (Å²) in [5, 5.41) is 4.67. The van der Waals surface area contributed by atoms with Crippen LogP contribution in [0, 0.1) is 0 Å². The largest absolute Gasteiger partial charge is 0.346 e. The van der Waals surface area contributed by atoms with Crippen molar-refractivity contribution >= 4 is 46.0 Å². The van der Waals surface area contributed by atoms with Crippen LogP contribution in [0.3, 0.4) is 0 Å². The van der Waals surface area contributed by atoms with Gasteiger partial charge >= 0.3 is 11.3 Å². The summed E-state index contributed by atoms with van der Waals surface area (Å²) in [7, 11) is 0. The highest BCUT2D eigenvalue weighted by atomic mass is 35.5. The Morgan fingerprint density at radius 1 is 1.00 bits per heavy atom. The lowest BCUT2D eigenvalue weighted by atomic mass is 10.2. The zero-order chi connectivity index (χ0) is 14.1. The van der Waals surface area contributed by atoms with Crippen molar-refractivity contribution in [2.45, 2.75) is 0 Å². The Balaban J connectivity index is 2.12. The standard InChI is InChI=1S/C13H8Cl2N2O2S/c14-10-7-4-8-11(15)12(10)13-16-19-20(18)17(13)9-5-2-1-3-6-9/h1-8H. The predicted octanol–water partition coefficient (Wildman–Crippen LogP) is 3.77. The fourth-order valence-electron chi connectivity index (χ4n) is 1.84. The van der Waals surface area contributed by atoms with Crippen molar-refractivity contribution in [1.82, 2.24) is 0 Å². The van der Waals surface area contributed by atoms with E-state index in [1.165, 1.54) is 4.31 Å². The Labute approximate surface area is 128 Å². The number of para-hydroxylation sites is 1. The number of benzene rings is 2. The summed E-state index contributed by atoms with van der Waals surface area (Å²) in [6.45, 7) is 0. The van der Waals surface area contributed by atoms with Gasteiger partial charge in [0.05, 0.1) is 21.3 Å². The van der Waals surface area contributed by atoms with Crippen LogP contribution in [-0.2, 0) is 15.6 Å². The van der Waals surface area contributed by atoms with Gasteiger partial charge in [-0.05, 0) is 29.4 Å². The highest BCUT2D eigenvalue weighted by Crippen LogP contribution is 2.31. The summed E-state index contributed by atoms with van der Waals surface area (Å²) in [6, 6.07) is 14.2. The van der Waals surface area contributed by atoms with Crippen LogP contribution in [0.2, 0.25) is 10.0 Å². The topological polar surface area (TPSA) is 41.9 Å². The Morgan fingerprint density at radius 3 is 2.30 bits per heavy atom. The summed E-state index contributed by atoms with van der Waals surface area (Å²) in [6.07, 6.45) is 0. The first-order valence-electron chi connectivity index (χ1n) is 5.65. The SMILES string of the molecule is O=S1ON=C(c2c(Cl)cccc2Cl)N1c1ccccc1. The van der Waals surface area contributed by atoms with Crippen LogP contribution in [0.1, 0.15) is 5.56 Å². The second-order valence-corrected chi connectivity index (χ2v) is 5.70. The number of oxime groups is 1. The third kappa shape index (κ3) is 2.28. The highest BCUT2D eigenvalue weighted by molar-refractivity contribution is 7.83. The molecule has 1 aliphatic rings. The van der Waals surface area contributed by atoms with E-state index >= 15 is 0 Å². The molecule has 0 spiro atoms. The molecule has 2 aromatic carbocycles. The number of anilines is 1. The van der Waals surface area contributed by atoms with E-state index in [1.54, 1.807) is 30.3 Å². The first-order chi connectivity index (χ1) is 9.68.